The van der Waals surface area contributed by atoms with Gasteiger partial charge in [-0.2, -0.15) is 4.99 Å². The van der Waals surface area contributed by atoms with Crippen LogP contribution in [0.4, 0.5) is 5.69 Å². The minimum absolute atomic E-state index is 0.0545. The average molecular weight is 207 g/mol. The van der Waals surface area contributed by atoms with Gasteiger partial charge in [0.25, 0.3) is 0 Å². The van der Waals surface area contributed by atoms with Crippen LogP contribution in [-0.2, 0) is 4.79 Å². The Morgan fingerprint density at radius 2 is 2.33 bits per heavy atom. The fourth-order valence-electron chi connectivity index (χ4n) is 1.07. The summed E-state index contributed by atoms with van der Waals surface area (Å²) in [6.45, 7) is 2.69. The van der Waals surface area contributed by atoms with Crippen molar-refractivity contribution < 1.29 is 14.6 Å². The molecule has 0 unspecified atom stereocenters. The van der Waals surface area contributed by atoms with Crippen LogP contribution in [0.1, 0.15) is 19.8 Å². The summed E-state index contributed by atoms with van der Waals surface area (Å²) in [6.07, 6.45) is 3.40. The maximum atomic E-state index is 10.1. The molecule has 0 aliphatic carbocycles. The fourth-order valence-corrected chi connectivity index (χ4v) is 1.07. The molecule has 0 amide bonds. The monoisotopic (exact) mass is 207 g/mol. The van der Waals surface area contributed by atoms with Gasteiger partial charge < -0.3 is 9.84 Å². The van der Waals surface area contributed by atoms with Crippen molar-refractivity contribution in [3.8, 4) is 11.5 Å². The Kier molecular flexibility index (Phi) is 4.38. The molecular weight excluding hydrogens is 194 g/mol. The van der Waals surface area contributed by atoms with Crippen LogP contribution >= 0.6 is 0 Å². The number of carbonyl (C=O) groups excluding carboxylic acids is 1. The van der Waals surface area contributed by atoms with Crippen LogP contribution < -0.4 is 4.74 Å². The van der Waals surface area contributed by atoms with Gasteiger partial charge in [0.15, 0.2) is 0 Å². The van der Waals surface area contributed by atoms with E-state index in [9.17, 15) is 9.90 Å². The summed E-state index contributed by atoms with van der Waals surface area (Å²) in [5.74, 6) is 0.538. The maximum absolute atomic E-state index is 10.1. The summed E-state index contributed by atoms with van der Waals surface area (Å²) in [6, 6.07) is 4.59. The van der Waals surface area contributed by atoms with Crippen molar-refractivity contribution >= 4 is 11.8 Å². The standard InChI is InChI=1S/C11H13NO3/c1-2-3-6-15-9-4-5-11(14)10(7-9)12-8-13/h4-5,7,14H,2-3,6H2,1H3. The molecule has 0 saturated carbocycles. The summed E-state index contributed by atoms with van der Waals surface area (Å²) < 4.78 is 5.39. The molecule has 0 aliphatic rings. The van der Waals surface area contributed by atoms with Crippen molar-refractivity contribution in [1.82, 2.24) is 0 Å². The van der Waals surface area contributed by atoms with Crippen LogP contribution in [0.15, 0.2) is 23.2 Å². The van der Waals surface area contributed by atoms with E-state index in [0.29, 0.717) is 12.4 Å². The molecule has 0 spiro atoms. The van der Waals surface area contributed by atoms with Crippen molar-refractivity contribution in [2.24, 2.45) is 4.99 Å². The smallest absolute Gasteiger partial charge is 0.240 e. The number of nitrogens with zero attached hydrogens (tertiary/aromatic N) is 1. The van der Waals surface area contributed by atoms with Crippen LogP contribution in [0.3, 0.4) is 0 Å². The van der Waals surface area contributed by atoms with E-state index < -0.39 is 0 Å². The first kappa shape index (κ1) is 11.3. The van der Waals surface area contributed by atoms with Gasteiger partial charge in [-0.15, -0.1) is 0 Å². The van der Waals surface area contributed by atoms with Crippen molar-refractivity contribution in [3.05, 3.63) is 18.2 Å². The Morgan fingerprint density at radius 1 is 1.53 bits per heavy atom. The minimum Gasteiger partial charge on any atom is -0.506 e. The number of hydrogen-bond donors (Lipinski definition) is 1. The summed E-state index contributed by atoms with van der Waals surface area (Å²) in [4.78, 5) is 13.4. The summed E-state index contributed by atoms with van der Waals surface area (Å²) >= 11 is 0. The third-order valence-electron chi connectivity index (χ3n) is 1.88. The first-order chi connectivity index (χ1) is 7.27. The van der Waals surface area contributed by atoms with Gasteiger partial charge in [0, 0.05) is 6.07 Å². The highest BCUT2D eigenvalue weighted by Gasteiger charge is 2.01. The molecule has 0 aliphatic heterocycles. The van der Waals surface area contributed by atoms with E-state index in [-0.39, 0.29) is 11.4 Å². The van der Waals surface area contributed by atoms with Crippen molar-refractivity contribution in [2.75, 3.05) is 6.61 Å². The van der Waals surface area contributed by atoms with Crippen LogP contribution in [-0.4, -0.2) is 17.8 Å². The van der Waals surface area contributed by atoms with Crippen LogP contribution in [0.25, 0.3) is 0 Å². The summed E-state index contributed by atoms with van der Waals surface area (Å²) in [5.41, 5.74) is 0.180. The zero-order valence-electron chi connectivity index (χ0n) is 8.56. The Morgan fingerprint density at radius 3 is 3.00 bits per heavy atom. The lowest BCUT2D eigenvalue weighted by atomic mass is 10.3. The predicted octanol–water partition coefficient (Wildman–Crippen LogP) is 2.54. The molecule has 1 N–H and O–H groups in total. The Labute approximate surface area is 88.2 Å². The highest BCUT2D eigenvalue weighted by atomic mass is 16.5. The topological polar surface area (TPSA) is 58.9 Å². The Balaban J connectivity index is 2.73. The first-order valence-electron chi connectivity index (χ1n) is 4.81. The second-order valence-electron chi connectivity index (χ2n) is 3.06. The lowest BCUT2D eigenvalue weighted by molar-refractivity contribution is 0.309. The normalized spacial score (nSPS) is 9.40. The number of rotatable bonds is 5. The second kappa shape index (κ2) is 5.83. The van der Waals surface area contributed by atoms with E-state index in [1.54, 1.807) is 6.07 Å². The maximum Gasteiger partial charge on any atom is 0.240 e. The van der Waals surface area contributed by atoms with E-state index in [2.05, 4.69) is 11.9 Å². The Bertz CT molecular complexity index is 370. The average Bonchev–Trinajstić information content (AvgIpc) is 2.23. The van der Waals surface area contributed by atoms with Crippen LogP contribution in [0.5, 0.6) is 11.5 Å². The van der Waals surface area contributed by atoms with Crippen LogP contribution in [0.2, 0.25) is 0 Å². The first-order valence-corrected chi connectivity index (χ1v) is 4.81. The molecule has 4 heteroatoms. The van der Waals surface area contributed by atoms with E-state index in [0.717, 1.165) is 12.8 Å². The number of benzene rings is 1. The number of phenols is 1. The van der Waals surface area contributed by atoms with E-state index in [1.165, 1.54) is 18.2 Å². The lowest BCUT2D eigenvalue weighted by Crippen LogP contribution is -1.95. The number of ether oxygens (including phenoxy) is 1. The van der Waals surface area contributed by atoms with Gasteiger partial charge in [0.1, 0.15) is 17.2 Å². The molecule has 0 radical (unpaired) electrons. The molecule has 1 rings (SSSR count). The molecule has 4 nitrogen and oxygen atoms in total. The largest absolute Gasteiger partial charge is 0.506 e. The molecular formula is C11H13NO3. The van der Waals surface area contributed by atoms with E-state index in [4.69, 9.17) is 4.74 Å². The van der Waals surface area contributed by atoms with Gasteiger partial charge in [-0.25, -0.2) is 4.79 Å². The molecule has 0 atom stereocenters. The second-order valence-corrected chi connectivity index (χ2v) is 3.06. The number of phenolic OH excluding ortho intramolecular Hbond substituents is 1. The molecule has 1 aromatic carbocycles. The fraction of sp³-hybridized carbons (Fsp3) is 0.364. The van der Waals surface area contributed by atoms with Gasteiger partial charge in [-0.3, -0.25) is 0 Å². The van der Waals surface area contributed by atoms with E-state index >= 15 is 0 Å². The summed E-state index contributed by atoms with van der Waals surface area (Å²) in [7, 11) is 0. The van der Waals surface area contributed by atoms with Gasteiger partial charge in [0.2, 0.25) is 6.08 Å². The van der Waals surface area contributed by atoms with Gasteiger partial charge in [0.05, 0.1) is 6.61 Å². The highest BCUT2D eigenvalue weighted by molar-refractivity contribution is 5.59. The van der Waals surface area contributed by atoms with Gasteiger partial charge in [-0.05, 0) is 18.6 Å². The lowest BCUT2D eigenvalue weighted by Gasteiger charge is -2.05. The number of unbranched alkanes of at least 4 members (excludes halogenated alkanes) is 1. The zero-order chi connectivity index (χ0) is 11.1. The molecule has 0 heterocycles. The molecule has 80 valence electrons. The van der Waals surface area contributed by atoms with Gasteiger partial charge >= 0.3 is 0 Å². The van der Waals surface area contributed by atoms with Crippen molar-refractivity contribution in [1.29, 1.82) is 0 Å². The number of aliphatic imine (C=N–C) groups is 1. The molecule has 0 fully saturated rings. The quantitative estimate of drug-likeness (QED) is 0.458. The molecule has 0 bridgehead atoms. The third kappa shape index (κ3) is 3.44. The molecule has 0 saturated heterocycles. The van der Waals surface area contributed by atoms with Gasteiger partial charge in [-0.1, -0.05) is 13.3 Å². The number of isocyanates is 1. The minimum atomic E-state index is -0.0545. The SMILES string of the molecule is CCCCOc1ccc(O)c(N=C=O)c1. The molecule has 0 aromatic heterocycles. The Hall–Kier alpha value is -1.80. The molecule has 15 heavy (non-hydrogen) atoms. The molecule has 1 aromatic rings. The van der Waals surface area contributed by atoms with E-state index in [1.807, 2.05) is 0 Å². The van der Waals surface area contributed by atoms with Crippen molar-refractivity contribution in [3.63, 3.8) is 0 Å². The number of aromatic hydroxyl groups is 1. The van der Waals surface area contributed by atoms with Crippen molar-refractivity contribution in [2.45, 2.75) is 19.8 Å². The number of hydrogen-bond acceptors (Lipinski definition) is 4. The van der Waals surface area contributed by atoms with Crippen LogP contribution in [0, 0.1) is 0 Å². The highest BCUT2D eigenvalue weighted by Crippen LogP contribution is 2.30. The third-order valence-corrected chi connectivity index (χ3v) is 1.88. The summed E-state index contributed by atoms with van der Waals surface area (Å²) in [5, 5.41) is 9.31. The zero-order valence-corrected chi connectivity index (χ0v) is 8.56. The predicted molar refractivity (Wildman–Crippen MR) is 56.3 cm³/mol.